The Kier molecular flexibility index (Phi) is 5.53. The Bertz CT molecular complexity index is 468. The number of rotatable bonds is 5. The van der Waals surface area contributed by atoms with Crippen molar-refractivity contribution < 1.29 is 4.79 Å². The van der Waals surface area contributed by atoms with Gasteiger partial charge in [0.05, 0.1) is 11.3 Å². The van der Waals surface area contributed by atoms with Gasteiger partial charge in [-0.3, -0.25) is 4.79 Å². The molecule has 0 saturated heterocycles. The maximum absolute atomic E-state index is 11.5. The van der Waals surface area contributed by atoms with Crippen LogP contribution in [0, 0.1) is 11.3 Å². The molecule has 0 radical (unpaired) electrons. The number of carbonyl (C=O) groups is 1. The van der Waals surface area contributed by atoms with Gasteiger partial charge in [-0.25, -0.2) is 0 Å². The number of anilines is 1. The molecule has 0 aliphatic heterocycles. The summed E-state index contributed by atoms with van der Waals surface area (Å²) < 4.78 is 0. The molecule has 1 aromatic carbocycles. The summed E-state index contributed by atoms with van der Waals surface area (Å²) >= 11 is 1.62. The van der Waals surface area contributed by atoms with Crippen LogP contribution < -0.4 is 10.6 Å². The van der Waals surface area contributed by atoms with Crippen LogP contribution in [0.5, 0.6) is 0 Å². The second-order valence-electron chi connectivity index (χ2n) is 3.70. The number of benzene rings is 1. The van der Waals surface area contributed by atoms with E-state index in [1.165, 1.54) is 0 Å². The Balaban J connectivity index is 2.99. The Morgan fingerprint density at radius 1 is 1.56 bits per heavy atom. The quantitative estimate of drug-likeness (QED) is 0.799. The molecule has 0 bridgehead atoms. The van der Waals surface area contributed by atoms with Gasteiger partial charge in [0.25, 0.3) is 0 Å². The molecular weight excluding hydrogens is 246 g/mol. The summed E-state index contributed by atoms with van der Waals surface area (Å²) in [5.74, 6) is 0.802. The van der Waals surface area contributed by atoms with E-state index in [2.05, 4.69) is 16.7 Å². The standard InChI is InChI=1S/C13H17N3OS/c1-4-18-12-7-5-6-11(10(12)8-14)16-9(2)13(17)15-3/h5-7,9,16H,4H2,1-3H3,(H,15,17). The first-order valence-corrected chi connectivity index (χ1v) is 6.76. The second-order valence-corrected chi connectivity index (χ2v) is 5.01. The van der Waals surface area contributed by atoms with Crippen molar-refractivity contribution >= 4 is 23.4 Å². The van der Waals surface area contributed by atoms with Gasteiger partial charge < -0.3 is 10.6 Å². The molecule has 0 aliphatic rings. The van der Waals surface area contributed by atoms with Gasteiger partial charge >= 0.3 is 0 Å². The van der Waals surface area contributed by atoms with E-state index in [-0.39, 0.29) is 11.9 Å². The molecule has 96 valence electrons. The fourth-order valence-electron chi connectivity index (χ4n) is 1.56. The molecule has 1 unspecified atom stereocenters. The van der Waals surface area contributed by atoms with Crippen LogP contribution in [0.2, 0.25) is 0 Å². The number of carbonyl (C=O) groups excluding carboxylic acids is 1. The topological polar surface area (TPSA) is 64.9 Å². The van der Waals surface area contributed by atoms with E-state index in [0.717, 1.165) is 10.6 Å². The minimum Gasteiger partial charge on any atom is -0.373 e. The van der Waals surface area contributed by atoms with Crippen LogP contribution in [0.4, 0.5) is 5.69 Å². The van der Waals surface area contributed by atoms with E-state index in [0.29, 0.717) is 11.3 Å². The summed E-state index contributed by atoms with van der Waals surface area (Å²) in [5, 5.41) is 14.9. The van der Waals surface area contributed by atoms with Gasteiger partial charge in [0, 0.05) is 11.9 Å². The lowest BCUT2D eigenvalue weighted by molar-refractivity contribution is -0.121. The van der Waals surface area contributed by atoms with E-state index in [9.17, 15) is 10.1 Å². The zero-order chi connectivity index (χ0) is 13.5. The number of thioether (sulfide) groups is 1. The van der Waals surface area contributed by atoms with E-state index in [1.807, 2.05) is 25.1 Å². The number of likely N-dealkylation sites (N-methyl/N-ethyl adjacent to an activating group) is 1. The highest BCUT2D eigenvalue weighted by Crippen LogP contribution is 2.28. The van der Waals surface area contributed by atoms with Crippen molar-refractivity contribution in [2.24, 2.45) is 0 Å². The van der Waals surface area contributed by atoms with Crippen molar-refractivity contribution in [3.8, 4) is 6.07 Å². The number of hydrogen-bond donors (Lipinski definition) is 2. The summed E-state index contributed by atoms with van der Waals surface area (Å²) in [5.41, 5.74) is 1.30. The summed E-state index contributed by atoms with van der Waals surface area (Å²) in [6.45, 7) is 3.80. The smallest absolute Gasteiger partial charge is 0.241 e. The normalized spacial score (nSPS) is 11.4. The van der Waals surface area contributed by atoms with Crippen LogP contribution in [0.1, 0.15) is 19.4 Å². The molecule has 4 nitrogen and oxygen atoms in total. The number of nitriles is 1. The molecule has 2 N–H and O–H groups in total. The number of amides is 1. The maximum Gasteiger partial charge on any atom is 0.241 e. The third-order valence-corrected chi connectivity index (χ3v) is 3.39. The van der Waals surface area contributed by atoms with E-state index >= 15 is 0 Å². The predicted octanol–water partition coefficient (Wildman–Crippen LogP) is 2.22. The summed E-state index contributed by atoms with van der Waals surface area (Å²) in [6, 6.07) is 7.45. The molecule has 1 amide bonds. The second kappa shape index (κ2) is 6.92. The zero-order valence-electron chi connectivity index (χ0n) is 10.8. The van der Waals surface area contributed by atoms with Crippen LogP contribution in [0.25, 0.3) is 0 Å². The van der Waals surface area contributed by atoms with E-state index in [4.69, 9.17) is 0 Å². The van der Waals surface area contributed by atoms with Crippen molar-refractivity contribution in [2.75, 3.05) is 18.1 Å². The highest BCUT2D eigenvalue weighted by Gasteiger charge is 2.14. The Labute approximate surface area is 112 Å². The van der Waals surface area contributed by atoms with Crippen LogP contribution in [-0.2, 0) is 4.79 Å². The number of hydrogen-bond acceptors (Lipinski definition) is 4. The van der Waals surface area contributed by atoms with Crippen molar-refractivity contribution in [1.82, 2.24) is 5.32 Å². The van der Waals surface area contributed by atoms with Crippen molar-refractivity contribution in [2.45, 2.75) is 24.8 Å². The minimum atomic E-state index is -0.371. The third-order valence-electron chi connectivity index (χ3n) is 2.45. The summed E-state index contributed by atoms with van der Waals surface area (Å²) in [7, 11) is 1.59. The van der Waals surface area contributed by atoms with Crippen LogP contribution >= 0.6 is 11.8 Å². The van der Waals surface area contributed by atoms with E-state index < -0.39 is 0 Å². The molecule has 5 heteroatoms. The largest absolute Gasteiger partial charge is 0.373 e. The lowest BCUT2D eigenvalue weighted by atomic mass is 10.1. The fraction of sp³-hybridized carbons (Fsp3) is 0.385. The Hall–Kier alpha value is -1.67. The highest BCUT2D eigenvalue weighted by atomic mass is 32.2. The molecule has 1 atom stereocenters. The van der Waals surface area contributed by atoms with Crippen molar-refractivity contribution in [1.29, 1.82) is 5.26 Å². The molecular formula is C13H17N3OS. The van der Waals surface area contributed by atoms with Crippen LogP contribution in [0.3, 0.4) is 0 Å². The van der Waals surface area contributed by atoms with Crippen molar-refractivity contribution in [3.63, 3.8) is 0 Å². The van der Waals surface area contributed by atoms with Gasteiger partial charge in [-0.15, -0.1) is 11.8 Å². The minimum absolute atomic E-state index is 0.104. The van der Waals surface area contributed by atoms with Gasteiger partial charge in [0.1, 0.15) is 12.1 Å². The zero-order valence-corrected chi connectivity index (χ0v) is 11.6. The molecule has 0 saturated carbocycles. The monoisotopic (exact) mass is 263 g/mol. The number of nitrogens with zero attached hydrogens (tertiary/aromatic N) is 1. The van der Waals surface area contributed by atoms with E-state index in [1.54, 1.807) is 25.7 Å². The van der Waals surface area contributed by atoms with Crippen LogP contribution in [-0.4, -0.2) is 24.7 Å². The lowest BCUT2D eigenvalue weighted by Crippen LogP contribution is -2.35. The first-order chi connectivity index (χ1) is 8.63. The third kappa shape index (κ3) is 3.41. The first-order valence-electron chi connectivity index (χ1n) is 5.78. The van der Waals surface area contributed by atoms with Crippen LogP contribution in [0.15, 0.2) is 23.1 Å². The summed E-state index contributed by atoms with van der Waals surface area (Å²) in [6.07, 6.45) is 0. The fourth-order valence-corrected chi connectivity index (χ4v) is 2.34. The van der Waals surface area contributed by atoms with Crippen molar-refractivity contribution in [3.05, 3.63) is 23.8 Å². The molecule has 0 aromatic heterocycles. The van der Waals surface area contributed by atoms with Gasteiger partial charge in [-0.1, -0.05) is 13.0 Å². The molecule has 18 heavy (non-hydrogen) atoms. The predicted molar refractivity (Wildman–Crippen MR) is 74.7 cm³/mol. The average molecular weight is 263 g/mol. The number of nitrogens with one attached hydrogen (secondary N) is 2. The lowest BCUT2D eigenvalue weighted by Gasteiger charge is -2.16. The molecule has 0 fully saturated rings. The van der Waals surface area contributed by atoms with Gasteiger partial charge in [-0.2, -0.15) is 5.26 Å². The first kappa shape index (κ1) is 14.4. The molecule has 1 rings (SSSR count). The molecule has 0 spiro atoms. The molecule has 1 aromatic rings. The van der Waals surface area contributed by atoms with Gasteiger partial charge in [0.15, 0.2) is 0 Å². The molecule has 0 aliphatic carbocycles. The Morgan fingerprint density at radius 3 is 2.83 bits per heavy atom. The SMILES string of the molecule is CCSc1cccc(NC(C)C(=O)NC)c1C#N. The molecule has 0 heterocycles. The Morgan fingerprint density at radius 2 is 2.28 bits per heavy atom. The average Bonchev–Trinajstić information content (AvgIpc) is 2.38. The van der Waals surface area contributed by atoms with Gasteiger partial charge in [0.2, 0.25) is 5.91 Å². The van der Waals surface area contributed by atoms with Gasteiger partial charge in [-0.05, 0) is 24.8 Å². The summed E-state index contributed by atoms with van der Waals surface area (Å²) in [4.78, 5) is 12.4. The maximum atomic E-state index is 11.5. The highest BCUT2D eigenvalue weighted by molar-refractivity contribution is 7.99.